The molecule has 4 nitrogen and oxygen atoms in total. The lowest BCUT2D eigenvalue weighted by molar-refractivity contribution is -0.126. The summed E-state index contributed by atoms with van der Waals surface area (Å²) < 4.78 is 33.9. The molecule has 4 aliphatic heterocycles. The van der Waals surface area contributed by atoms with Crippen molar-refractivity contribution >= 4 is 6.09 Å². The maximum absolute atomic E-state index is 14.1. The number of amides is 1. The van der Waals surface area contributed by atoms with Gasteiger partial charge in [-0.2, -0.15) is 0 Å². The van der Waals surface area contributed by atoms with Gasteiger partial charge in [0.25, 0.3) is 0 Å². The van der Waals surface area contributed by atoms with E-state index >= 15 is 0 Å². The van der Waals surface area contributed by atoms with Crippen molar-refractivity contribution in [3.05, 3.63) is 70.8 Å². The first-order chi connectivity index (χ1) is 14.9. The highest BCUT2D eigenvalue weighted by Gasteiger charge is 2.50. The lowest BCUT2D eigenvalue weighted by Gasteiger charge is -2.55. The van der Waals surface area contributed by atoms with Gasteiger partial charge in [-0.05, 0) is 75.0 Å². The van der Waals surface area contributed by atoms with Crippen LogP contribution in [0, 0.1) is 17.6 Å². The Bertz CT molecular complexity index is 1000. The second-order valence-electron chi connectivity index (χ2n) is 9.50. The van der Waals surface area contributed by atoms with Crippen LogP contribution in [0.25, 0.3) is 0 Å². The van der Waals surface area contributed by atoms with Crippen LogP contribution in [0.5, 0.6) is 0 Å². The normalized spacial score (nSPS) is 28.8. The summed E-state index contributed by atoms with van der Waals surface area (Å²) in [5.74, 6) is -1.44. The van der Waals surface area contributed by atoms with Crippen LogP contribution in [-0.2, 0) is 11.2 Å². The summed E-state index contributed by atoms with van der Waals surface area (Å²) in [5, 5.41) is 0. The number of carbonyl (C=O) groups is 1. The molecule has 6 rings (SSSR count). The zero-order chi connectivity index (χ0) is 21.8. The molecule has 0 unspecified atom stereocenters. The average Bonchev–Trinajstić information content (AvgIpc) is 2.77. The molecule has 164 valence electrons. The first-order valence-electron chi connectivity index (χ1n) is 11.1. The topological polar surface area (TPSA) is 32.8 Å². The molecule has 0 aromatic heterocycles. The predicted molar refractivity (Wildman–Crippen MR) is 114 cm³/mol. The average molecular weight is 427 g/mol. The SMILES string of the molecule is CC1(C)[C@@H](OC(=O)N2CCc3ccccc3[C@@H]2c2ccc(F)c(F)c2)C2CCN1CC2. The standard InChI is InChI=1S/C25H28F2N2O2/c1-25(2)23(17-9-12-28(25)13-10-17)31-24(30)29-14-11-16-5-3-4-6-19(16)22(29)18-7-8-20(26)21(27)15-18/h3-8,15,17,22-23H,9-14H2,1-2H3/t22-,23-/m0/s1. The number of fused-ring (bicyclic) bond motifs is 4. The van der Waals surface area contributed by atoms with E-state index in [-0.39, 0.29) is 17.7 Å². The van der Waals surface area contributed by atoms with Gasteiger partial charge >= 0.3 is 6.09 Å². The Morgan fingerprint density at radius 3 is 2.48 bits per heavy atom. The molecule has 2 aromatic carbocycles. The summed E-state index contributed by atoms with van der Waals surface area (Å²) in [6, 6.07) is 11.2. The van der Waals surface area contributed by atoms with Crippen molar-refractivity contribution in [1.82, 2.24) is 9.80 Å². The van der Waals surface area contributed by atoms with Gasteiger partial charge in [0.1, 0.15) is 6.10 Å². The number of nitrogens with zero attached hydrogens (tertiary/aromatic N) is 2. The van der Waals surface area contributed by atoms with Gasteiger partial charge in [0, 0.05) is 12.5 Å². The predicted octanol–water partition coefficient (Wildman–Crippen LogP) is 4.92. The molecule has 0 spiro atoms. The molecule has 2 bridgehead atoms. The van der Waals surface area contributed by atoms with E-state index in [1.165, 1.54) is 6.07 Å². The minimum Gasteiger partial charge on any atom is -0.444 e. The number of piperidine rings is 3. The molecule has 2 aromatic rings. The molecule has 0 radical (unpaired) electrons. The largest absolute Gasteiger partial charge is 0.444 e. The van der Waals surface area contributed by atoms with E-state index in [4.69, 9.17) is 4.74 Å². The minimum absolute atomic E-state index is 0.176. The molecular formula is C25H28F2N2O2. The van der Waals surface area contributed by atoms with Gasteiger partial charge in [-0.25, -0.2) is 13.6 Å². The summed E-state index contributed by atoms with van der Waals surface area (Å²) in [4.78, 5) is 17.6. The van der Waals surface area contributed by atoms with Crippen LogP contribution in [0.2, 0.25) is 0 Å². The Morgan fingerprint density at radius 2 is 1.77 bits per heavy atom. The van der Waals surface area contributed by atoms with Crippen LogP contribution in [0.4, 0.5) is 13.6 Å². The van der Waals surface area contributed by atoms with E-state index in [1.54, 1.807) is 11.0 Å². The summed E-state index contributed by atoms with van der Waals surface area (Å²) in [6.07, 6.45) is 2.23. The lowest BCUT2D eigenvalue weighted by Crippen LogP contribution is -2.65. The van der Waals surface area contributed by atoms with Crippen molar-refractivity contribution in [1.29, 1.82) is 0 Å². The Kier molecular flexibility index (Phi) is 5.00. The summed E-state index contributed by atoms with van der Waals surface area (Å²) >= 11 is 0. The molecule has 31 heavy (non-hydrogen) atoms. The Balaban J connectivity index is 1.48. The van der Waals surface area contributed by atoms with Crippen LogP contribution < -0.4 is 0 Å². The second kappa shape index (κ2) is 7.59. The van der Waals surface area contributed by atoms with Crippen molar-refractivity contribution in [2.75, 3.05) is 19.6 Å². The van der Waals surface area contributed by atoms with E-state index in [1.807, 2.05) is 24.3 Å². The van der Waals surface area contributed by atoms with Crippen molar-refractivity contribution in [2.45, 2.75) is 50.8 Å². The number of rotatable bonds is 2. The summed E-state index contributed by atoms with van der Waals surface area (Å²) in [6.45, 7) is 6.85. The molecular weight excluding hydrogens is 398 g/mol. The first kappa shape index (κ1) is 20.4. The number of ether oxygens (including phenoxy) is 1. The fourth-order valence-electron chi connectivity index (χ4n) is 5.76. The smallest absolute Gasteiger partial charge is 0.410 e. The van der Waals surface area contributed by atoms with Gasteiger partial charge in [0.15, 0.2) is 11.6 Å². The van der Waals surface area contributed by atoms with Gasteiger partial charge < -0.3 is 4.74 Å². The zero-order valence-electron chi connectivity index (χ0n) is 18.0. The number of carbonyl (C=O) groups excluding carboxylic acids is 1. The Labute approximate surface area is 181 Å². The highest BCUT2D eigenvalue weighted by molar-refractivity contribution is 5.70. The van der Waals surface area contributed by atoms with Gasteiger partial charge in [-0.3, -0.25) is 9.80 Å². The monoisotopic (exact) mass is 426 g/mol. The molecule has 2 atom stereocenters. The van der Waals surface area contributed by atoms with E-state index in [9.17, 15) is 13.6 Å². The fraction of sp³-hybridized carbons (Fsp3) is 0.480. The number of benzene rings is 2. The number of hydrogen-bond acceptors (Lipinski definition) is 3. The van der Waals surface area contributed by atoms with E-state index < -0.39 is 17.7 Å². The zero-order valence-corrected chi connectivity index (χ0v) is 18.0. The molecule has 4 aliphatic rings. The van der Waals surface area contributed by atoms with Crippen LogP contribution in [-0.4, -0.2) is 47.2 Å². The molecule has 1 amide bonds. The highest BCUT2D eigenvalue weighted by Crippen LogP contribution is 2.42. The molecule has 3 fully saturated rings. The van der Waals surface area contributed by atoms with Gasteiger partial charge in [-0.1, -0.05) is 30.3 Å². The van der Waals surface area contributed by atoms with Crippen LogP contribution in [0.15, 0.2) is 42.5 Å². The second-order valence-corrected chi connectivity index (χ2v) is 9.50. The first-order valence-corrected chi connectivity index (χ1v) is 11.1. The molecule has 3 saturated heterocycles. The van der Waals surface area contributed by atoms with E-state index in [2.05, 4.69) is 18.7 Å². The number of hydrogen-bond donors (Lipinski definition) is 0. The van der Waals surface area contributed by atoms with Crippen molar-refractivity contribution in [3.63, 3.8) is 0 Å². The highest BCUT2D eigenvalue weighted by atomic mass is 19.2. The fourth-order valence-corrected chi connectivity index (χ4v) is 5.76. The molecule has 0 N–H and O–H groups in total. The van der Waals surface area contributed by atoms with E-state index in [0.717, 1.165) is 43.1 Å². The summed E-state index contributed by atoms with van der Waals surface area (Å²) in [5.41, 5.74) is 2.40. The van der Waals surface area contributed by atoms with E-state index in [0.29, 0.717) is 24.4 Å². The Hall–Kier alpha value is -2.47. The van der Waals surface area contributed by atoms with Gasteiger partial charge in [-0.15, -0.1) is 0 Å². The van der Waals surface area contributed by atoms with Crippen molar-refractivity contribution in [3.8, 4) is 0 Å². The Morgan fingerprint density at radius 1 is 1.03 bits per heavy atom. The van der Waals surface area contributed by atoms with Crippen molar-refractivity contribution < 1.29 is 18.3 Å². The van der Waals surface area contributed by atoms with Crippen molar-refractivity contribution in [2.24, 2.45) is 5.92 Å². The minimum atomic E-state index is -0.910. The van der Waals surface area contributed by atoms with Crippen LogP contribution >= 0.6 is 0 Å². The third-order valence-corrected chi connectivity index (χ3v) is 7.48. The molecule has 0 saturated carbocycles. The molecule has 4 heterocycles. The van der Waals surface area contributed by atoms with Crippen LogP contribution in [0.1, 0.15) is 49.4 Å². The number of halogens is 2. The maximum Gasteiger partial charge on any atom is 0.410 e. The van der Waals surface area contributed by atoms with Gasteiger partial charge in [0.2, 0.25) is 0 Å². The maximum atomic E-state index is 14.1. The molecule has 6 heteroatoms. The lowest BCUT2D eigenvalue weighted by atomic mass is 9.74. The van der Waals surface area contributed by atoms with Crippen LogP contribution in [0.3, 0.4) is 0 Å². The molecule has 0 aliphatic carbocycles. The van der Waals surface area contributed by atoms with Gasteiger partial charge in [0.05, 0.1) is 11.6 Å². The third-order valence-electron chi connectivity index (χ3n) is 7.48. The summed E-state index contributed by atoms with van der Waals surface area (Å²) in [7, 11) is 0. The third kappa shape index (κ3) is 3.41. The quantitative estimate of drug-likeness (QED) is 0.683.